The Morgan fingerprint density at radius 1 is 1.03 bits per heavy atom. The SMILES string of the molecule is O=C(c1ccc([N+](=O)[O-])cc1)n1cc2c(n1)[C@@H]1C[C@@H](Cl)[C@H]2[C@H]1Sc1ccc([N+](=O)[O-])cc1. The minimum atomic E-state index is -0.516. The van der Waals surface area contributed by atoms with Crippen LogP contribution in [-0.2, 0) is 0 Å². The van der Waals surface area contributed by atoms with Crippen molar-refractivity contribution in [2.45, 2.75) is 33.8 Å². The third-order valence-corrected chi connectivity index (χ3v) is 7.84. The average molecular weight is 471 g/mol. The molecule has 2 aliphatic carbocycles. The first-order valence-corrected chi connectivity index (χ1v) is 11.1. The van der Waals surface area contributed by atoms with Gasteiger partial charge in [0.1, 0.15) is 0 Å². The lowest BCUT2D eigenvalue weighted by Crippen LogP contribution is -2.16. The number of thioether (sulfide) groups is 1. The van der Waals surface area contributed by atoms with Crippen molar-refractivity contribution in [2.24, 2.45) is 0 Å². The number of hydrogen-bond donors (Lipinski definition) is 0. The van der Waals surface area contributed by atoms with E-state index in [1.54, 1.807) is 30.1 Å². The van der Waals surface area contributed by atoms with Crippen molar-refractivity contribution in [2.75, 3.05) is 0 Å². The lowest BCUT2D eigenvalue weighted by atomic mass is 9.98. The number of benzene rings is 2. The van der Waals surface area contributed by atoms with Crippen LogP contribution in [0.1, 0.15) is 39.9 Å². The Morgan fingerprint density at radius 3 is 2.22 bits per heavy atom. The average Bonchev–Trinajstić information content (AvgIpc) is 3.42. The zero-order valence-electron chi connectivity index (χ0n) is 16.3. The van der Waals surface area contributed by atoms with Crippen molar-refractivity contribution in [3.8, 4) is 0 Å². The highest BCUT2D eigenvalue weighted by atomic mass is 35.5. The van der Waals surface area contributed by atoms with E-state index in [0.717, 1.165) is 22.6 Å². The van der Waals surface area contributed by atoms with E-state index < -0.39 is 9.85 Å². The van der Waals surface area contributed by atoms with E-state index in [4.69, 9.17) is 11.6 Å². The predicted octanol–water partition coefficient (Wildman–Crippen LogP) is 4.74. The molecule has 162 valence electrons. The number of alkyl halides is 1. The summed E-state index contributed by atoms with van der Waals surface area (Å²) >= 11 is 8.25. The normalized spacial score (nSPS) is 23.2. The molecule has 2 bridgehead atoms. The van der Waals surface area contributed by atoms with Crippen LogP contribution < -0.4 is 0 Å². The van der Waals surface area contributed by atoms with Gasteiger partial charge in [0.15, 0.2) is 0 Å². The molecule has 0 N–H and O–H groups in total. The van der Waals surface area contributed by atoms with Gasteiger partial charge in [0, 0.05) is 63.4 Å². The Morgan fingerprint density at radius 2 is 1.62 bits per heavy atom. The highest BCUT2D eigenvalue weighted by Gasteiger charge is 2.53. The van der Waals surface area contributed by atoms with E-state index in [1.165, 1.54) is 41.1 Å². The van der Waals surface area contributed by atoms with Crippen LogP contribution in [0.25, 0.3) is 0 Å². The third-order valence-electron chi connectivity index (χ3n) is 5.96. The molecule has 1 saturated carbocycles. The summed E-state index contributed by atoms with van der Waals surface area (Å²) in [6, 6.07) is 11.9. The van der Waals surface area contributed by atoms with Crippen molar-refractivity contribution in [1.82, 2.24) is 9.78 Å². The molecule has 1 heterocycles. The fourth-order valence-corrected chi connectivity index (χ4v) is 6.55. The largest absolute Gasteiger partial charge is 0.278 e. The number of fused-ring (bicyclic) bond motifs is 5. The number of aromatic nitrogens is 2. The Balaban J connectivity index is 1.38. The molecule has 3 aromatic rings. The fourth-order valence-electron chi connectivity index (χ4n) is 4.49. The molecule has 0 radical (unpaired) electrons. The van der Waals surface area contributed by atoms with Gasteiger partial charge in [-0.3, -0.25) is 25.0 Å². The van der Waals surface area contributed by atoms with Crippen LogP contribution in [0.2, 0.25) is 0 Å². The third kappa shape index (κ3) is 3.35. The van der Waals surface area contributed by atoms with Gasteiger partial charge in [-0.1, -0.05) is 0 Å². The first-order chi connectivity index (χ1) is 15.3. The van der Waals surface area contributed by atoms with Crippen LogP contribution in [0, 0.1) is 20.2 Å². The van der Waals surface area contributed by atoms with E-state index in [2.05, 4.69) is 5.10 Å². The molecule has 0 spiro atoms. The quantitative estimate of drug-likeness (QED) is 0.300. The summed E-state index contributed by atoms with van der Waals surface area (Å²) in [7, 11) is 0. The highest BCUT2D eigenvalue weighted by Crippen LogP contribution is 2.60. The van der Waals surface area contributed by atoms with Gasteiger partial charge in [-0.05, 0) is 36.2 Å². The van der Waals surface area contributed by atoms with Gasteiger partial charge in [-0.25, -0.2) is 4.68 Å². The molecule has 0 saturated heterocycles. The summed E-state index contributed by atoms with van der Waals surface area (Å²) in [5, 5.41) is 26.3. The second kappa shape index (κ2) is 7.72. The van der Waals surface area contributed by atoms with Crippen LogP contribution in [0.3, 0.4) is 0 Å². The molecular weight excluding hydrogens is 456 g/mol. The summed E-state index contributed by atoms with van der Waals surface area (Å²) in [6.07, 6.45) is 2.45. The van der Waals surface area contributed by atoms with Gasteiger partial charge in [0.05, 0.1) is 15.5 Å². The van der Waals surface area contributed by atoms with Crippen LogP contribution in [0.5, 0.6) is 0 Å². The maximum Gasteiger partial charge on any atom is 0.278 e. The molecule has 2 aromatic carbocycles. The molecule has 1 fully saturated rings. The lowest BCUT2D eigenvalue weighted by molar-refractivity contribution is -0.385. The number of nitro groups is 2. The minimum Gasteiger partial charge on any atom is -0.267 e. The summed E-state index contributed by atoms with van der Waals surface area (Å²) in [6.45, 7) is 0. The van der Waals surface area contributed by atoms with E-state index >= 15 is 0 Å². The van der Waals surface area contributed by atoms with Crippen molar-refractivity contribution in [1.29, 1.82) is 0 Å². The molecule has 0 amide bonds. The smallest absolute Gasteiger partial charge is 0.267 e. The zero-order chi connectivity index (χ0) is 22.6. The van der Waals surface area contributed by atoms with Crippen LogP contribution in [0.4, 0.5) is 11.4 Å². The number of rotatable bonds is 5. The molecule has 2 aliphatic rings. The summed E-state index contributed by atoms with van der Waals surface area (Å²) < 4.78 is 1.29. The minimum absolute atomic E-state index is 0.00951. The molecule has 11 heteroatoms. The molecule has 0 unspecified atom stereocenters. The van der Waals surface area contributed by atoms with Crippen molar-refractivity contribution in [3.05, 3.63) is 91.8 Å². The summed E-state index contributed by atoms with van der Waals surface area (Å²) in [4.78, 5) is 34.5. The maximum absolute atomic E-state index is 12.8. The Hall–Kier alpha value is -3.24. The van der Waals surface area contributed by atoms with Gasteiger partial charge in [-0.2, -0.15) is 5.10 Å². The molecule has 0 aliphatic heterocycles. The highest BCUT2D eigenvalue weighted by molar-refractivity contribution is 8.00. The Bertz CT molecular complexity index is 1240. The molecule has 4 atom stereocenters. The topological polar surface area (TPSA) is 121 Å². The van der Waals surface area contributed by atoms with Gasteiger partial charge in [0.25, 0.3) is 17.3 Å². The molecule has 1 aromatic heterocycles. The second-order valence-corrected chi connectivity index (χ2v) is 9.55. The molecular formula is C21H15ClN4O5S. The number of non-ortho nitro benzene ring substituents is 2. The predicted molar refractivity (Wildman–Crippen MR) is 118 cm³/mol. The first-order valence-electron chi connectivity index (χ1n) is 9.77. The number of carbonyl (C=O) groups excluding carboxylic acids is 1. The summed E-state index contributed by atoms with van der Waals surface area (Å²) in [5.41, 5.74) is 2.06. The molecule has 9 nitrogen and oxygen atoms in total. The van der Waals surface area contributed by atoms with Crippen LogP contribution in [0.15, 0.2) is 59.6 Å². The molecule has 5 rings (SSSR count). The van der Waals surface area contributed by atoms with E-state index in [9.17, 15) is 25.0 Å². The van der Waals surface area contributed by atoms with E-state index in [-0.39, 0.29) is 39.7 Å². The van der Waals surface area contributed by atoms with Gasteiger partial charge in [0.2, 0.25) is 0 Å². The lowest BCUT2D eigenvalue weighted by Gasteiger charge is -2.17. The number of nitrogens with zero attached hydrogens (tertiary/aromatic N) is 4. The number of carbonyl (C=O) groups is 1. The van der Waals surface area contributed by atoms with Crippen LogP contribution >= 0.6 is 23.4 Å². The zero-order valence-corrected chi connectivity index (χ0v) is 17.9. The number of hydrogen-bond acceptors (Lipinski definition) is 7. The van der Waals surface area contributed by atoms with Gasteiger partial charge in [-0.15, -0.1) is 23.4 Å². The number of nitro benzene ring substituents is 2. The van der Waals surface area contributed by atoms with Gasteiger partial charge >= 0.3 is 0 Å². The Labute approximate surface area is 190 Å². The van der Waals surface area contributed by atoms with Crippen molar-refractivity contribution < 1.29 is 14.6 Å². The van der Waals surface area contributed by atoms with E-state index in [1.807, 2.05) is 0 Å². The second-order valence-electron chi connectivity index (χ2n) is 7.74. The first kappa shape index (κ1) is 20.7. The van der Waals surface area contributed by atoms with E-state index in [0.29, 0.717) is 5.56 Å². The number of halogens is 1. The van der Waals surface area contributed by atoms with Crippen LogP contribution in [-0.4, -0.2) is 36.2 Å². The molecule has 32 heavy (non-hydrogen) atoms. The van der Waals surface area contributed by atoms with Gasteiger partial charge < -0.3 is 0 Å². The standard InChI is InChI=1S/C21H15ClN4O5S/c22-17-9-15-19-16(18(17)20(15)32-14-7-5-13(6-8-14)26(30)31)10-24(23-19)21(27)11-1-3-12(4-2-11)25(28)29/h1-8,10,15,17-18,20H,9H2/t15-,17+,18-,20-/m0/s1. The maximum atomic E-state index is 12.8. The Kier molecular flexibility index (Phi) is 4.98. The summed E-state index contributed by atoms with van der Waals surface area (Å²) in [5.74, 6) is -0.279. The van der Waals surface area contributed by atoms with Crippen molar-refractivity contribution in [3.63, 3.8) is 0 Å². The fraction of sp³-hybridized carbons (Fsp3) is 0.238. The monoisotopic (exact) mass is 470 g/mol. The van der Waals surface area contributed by atoms with Crippen molar-refractivity contribution >= 4 is 40.6 Å².